The van der Waals surface area contributed by atoms with Crippen molar-refractivity contribution in [2.24, 2.45) is 0 Å². The van der Waals surface area contributed by atoms with Crippen molar-refractivity contribution in [3.8, 4) is 6.07 Å². The van der Waals surface area contributed by atoms with Crippen molar-refractivity contribution in [3.05, 3.63) is 77.6 Å². The fraction of sp³-hybridized carbons (Fsp3) is 0.0526. The van der Waals surface area contributed by atoms with Gasteiger partial charge in [-0.3, -0.25) is 4.79 Å². The number of halogens is 3. The van der Waals surface area contributed by atoms with Gasteiger partial charge in [-0.15, -0.1) is 0 Å². The van der Waals surface area contributed by atoms with E-state index in [-0.39, 0.29) is 17.3 Å². The van der Waals surface area contributed by atoms with Gasteiger partial charge in [-0.05, 0) is 42.5 Å². The van der Waals surface area contributed by atoms with Crippen LogP contribution in [0.1, 0.15) is 21.6 Å². The quantitative estimate of drug-likeness (QED) is 0.698. The molecule has 140 valence electrons. The first kappa shape index (κ1) is 18.8. The number of rotatable bonds is 4. The molecule has 0 fully saturated rings. The molecule has 0 saturated carbocycles. The van der Waals surface area contributed by atoms with E-state index in [9.17, 15) is 18.0 Å². The molecule has 6 nitrogen and oxygen atoms in total. The number of carbonyl (C=O) groups excluding carboxylic acids is 1. The summed E-state index contributed by atoms with van der Waals surface area (Å²) < 4.78 is 39.3. The zero-order valence-electron chi connectivity index (χ0n) is 14.2. The third kappa shape index (κ3) is 4.42. The Bertz CT molecular complexity index is 1040. The van der Waals surface area contributed by atoms with Crippen LogP contribution >= 0.6 is 0 Å². The van der Waals surface area contributed by atoms with Crippen molar-refractivity contribution in [1.29, 1.82) is 5.26 Å². The summed E-state index contributed by atoms with van der Waals surface area (Å²) in [5, 5.41) is 13.9. The summed E-state index contributed by atoms with van der Waals surface area (Å²) >= 11 is 0. The summed E-state index contributed by atoms with van der Waals surface area (Å²) in [6, 6.07) is 14.4. The van der Waals surface area contributed by atoms with Crippen LogP contribution in [0, 0.1) is 11.3 Å². The van der Waals surface area contributed by atoms with E-state index in [1.54, 1.807) is 12.1 Å². The highest BCUT2D eigenvalue weighted by atomic mass is 19.4. The van der Waals surface area contributed by atoms with Crippen molar-refractivity contribution in [2.75, 3.05) is 10.6 Å². The lowest BCUT2D eigenvalue weighted by atomic mass is 10.1. The molecule has 1 aromatic heterocycles. The maximum Gasteiger partial charge on any atom is 0.418 e. The summed E-state index contributed by atoms with van der Waals surface area (Å²) in [4.78, 5) is 20.2. The highest BCUT2D eigenvalue weighted by molar-refractivity contribution is 6.03. The van der Waals surface area contributed by atoms with Crippen molar-refractivity contribution in [2.45, 2.75) is 6.18 Å². The van der Waals surface area contributed by atoms with Crippen molar-refractivity contribution < 1.29 is 18.0 Å². The average molecular weight is 383 g/mol. The SMILES string of the molecule is N#Cc1ccc(NC(=O)c2ccnc(Nc3ccccc3C(F)(F)F)n2)cc1. The van der Waals surface area contributed by atoms with Crippen LogP contribution in [-0.4, -0.2) is 15.9 Å². The van der Waals surface area contributed by atoms with Gasteiger partial charge in [-0.25, -0.2) is 9.97 Å². The van der Waals surface area contributed by atoms with Crippen LogP contribution in [0.15, 0.2) is 60.8 Å². The number of nitrogens with one attached hydrogen (secondary N) is 2. The Hall–Kier alpha value is -3.93. The van der Waals surface area contributed by atoms with Crippen LogP contribution in [0.4, 0.5) is 30.5 Å². The molecular weight excluding hydrogens is 371 g/mol. The Morgan fingerprint density at radius 1 is 1.04 bits per heavy atom. The van der Waals surface area contributed by atoms with E-state index in [0.717, 1.165) is 6.07 Å². The largest absolute Gasteiger partial charge is 0.418 e. The number of hydrogen-bond donors (Lipinski definition) is 2. The van der Waals surface area contributed by atoms with Crippen LogP contribution in [0.3, 0.4) is 0 Å². The smallest absolute Gasteiger partial charge is 0.324 e. The maximum atomic E-state index is 13.1. The monoisotopic (exact) mass is 383 g/mol. The molecule has 0 atom stereocenters. The topological polar surface area (TPSA) is 90.7 Å². The molecule has 28 heavy (non-hydrogen) atoms. The minimum atomic E-state index is -4.55. The molecule has 0 radical (unpaired) electrons. The molecule has 0 unspecified atom stereocenters. The minimum absolute atomic E-state index is 0.0358. The molecule has 0 bridgehead atoms. The van der Waals surface area contributed by atoms with E-state index in [1.807, 2.05) is 6.07 Å². The first-order valence-corrected chi connectivity index (χ1v) is 7.94. The molecular formula is C19H12F3N5O. The molecule has 1 amide bonds. The van der Waals surface area contributed by atoms with E-state index in [0.29, 0.717) is 11.3 Å². The minimum Gasteiger partial charge on any atom is -0.324 e. The van der Waals surface area contributed by atoms with Gasteiger partial charge >= 0.3 is 6.18 Å². The summed E-state index contributed by atoms with van der Waals surface area (Å²) in [5.41, 5.74) is -0.244. The lowest BCUT2D eigenvalue weighted by Gasteiger charge is -2.13. The highest BCUT2D eigenvalue weighted by Gasteiger charge is 2.33. The van der Waals surface area contributed by atoms with Gasteiger partial charge in [-0.2, -0.15) is 18.4 Å². The van der Waals surface area contributed by atoms with Crippen LogP contribution in [0.5, 0.6) is 0 Å². The van der Waals surface area contributed by atoms with Gasteiger partial charge < -0.3 is 10.6 Å². The summed E-state index contributed by atoms with van der Waals surface area (Å²) in [6.07, 6.45) is -3.28. The number of nitrogens with zero attached hydrogens (tertiary/aromatic N) is 3. The van der Waals surface area contributed by atoms with Crippen LogP contribution in [0.2, 0.25) is 0 Å². The molecule has 9 heteroatoms. The lowest BCUT2D eigenvalue weighted by Crippen LogP contribution is -2.15. The maximum absolute atomic E-state index is 13.1. The van der Waals surface area contributed by atoms with E-state index in [2.05, 4.69) is 20.6 Å². The second-order valence-electron chi connectivity index (χ2n) is 5.58. The summed E-state index contributed by atoms with van der Waals surface area (Å²) in [6.45, 7) is 0. The van der Waals surface area contributed by atoms with Gasteiger partial charge in [0.2, 0.25) is 5.95 Å². The standard InChI is InChI=1S/C19H12F3N5O/c20-19(21,22)14-3-1-2-4-15(14)26-18-24-10-9-16(27-18)17(28)25-13-7-5-12(11-23)6-8-13/h1-10H,(H,25,28)(H,24,26,27). The van der Waals surface area contributed by atoms with Gasteiger partial charge in [0, 0.05) is 11.9 Å². The van der Waals surface area contributed by atoms with Crippen LogP contribution in [-0.2, 0) is 6.18 Å². The average Bonchev–Trinajstić information content (AvgIpc) is 2.68. The highest BCUT2D eigenvalue weighted by Crippen LogP contribution is 2.35. The van der Waals surface area contributed by atoms with E-state index in [1.165, 1.54) is 42.6 Å². The van der Waals surface area contributed by atoms with Crippen molar-refractivity contribution >= 4 is 23.2 Å². The number of aromatic nitrogens is 2. The molecule has 0 aliphatic rings. The summed E-state index contributed by atoms with van der Waals surface area (Å²) in [7, 11) is 0. The zero-order valence-corrected chi connectivity index (χ0v) is 14.2. The molecule has 0 aliphatic carbocycles. The molecule has 1 heterocycles. The number of alkyl halides is 3. The number of benzene rings is 2. The van der Waals surface area contributed by atoms with Crippen molar-refractivity contribution in [1.82, 2.24) is 9.97 Å². The van der Waals surface area contributed by atoms with Gasteiger partial charge in [0.15, 0.2) is 0 Å². The Kier molecular flexibility index (Phi) is 5.22. The van der Waals surface area contributed by atoms with Gasteiger partial charge in [0.1, 0.15) is 5.69 Å². The first-order chi connectivity index (χ1) is 13.4. The number of amides is 1. The van der Waals surface area contributed by atoms with Crippen molar-refractivity contribution in [3.63, 3.8) is 0 Å². The van der Waals surface area contributed by atoms with Crippen LogP contribution < -0.4 is 10.6 Å². The normalized spacial score (nSPS) is 10.8. The molecule has 0 aliphatic heterocycles. The number of para-hydroxylation sites is 1. The molecule has 3 rings (SSSR count). The lowest BCUT2D eigenvalue weighted by molar-refractivity contribution is -0.136. The number of carbonyl (C=O) groups is 1. The molecule has 2 aromatic carbocycles. The molecule has 0 spiro atoms. The Morgan fingerprint density at radius 3 is 2.43 bits per heavy atom. The fourth-order valence-corrected chi connectivity index (χ4v) is 2.33. The van der Waals surface area contributed by atoms with Gasteiger partial charge in [0.05, 0.1) is 22.9 Å². The predicted molar refractivity (Wildman–Crippen MR) is 95.9 cm³/mol. The Balaban J connectivity index is 1.79. The number of hydrogen-bond acceptors (Lipinski definition) is 5. The van der Waals surface area contributed by atoms with Crippen LogP contribution in [0.25, 0.3) is 0 Å². The third-order valence-corrected chi connectivity index (χ3v) is 3.64. The fourth-order valence-electron chi connectivity index (χ4n) is 2.33. The summed E-state index contributed by atoms with van der Waals surface area (Å²) in [5.74, 6) is -0.719. The number of anilines is 3. The molecule has 3 aromatic rings. The Labute approximate surface area is 157 Å². The van der Waals surface area contributed by atoms with E-state index < -0.39 is 17.6 Å². The second kappa shape index (κ2) is 7.75. The molecule has 2 N–H and O–H groups in total. The molecule has 0 saturated heterocycles. The third-order valence-electron chi connectivity index (χ3n) is 3.64. The van der Waals surface area contributed by atoms with E-state index >= 15 is 0 Å². The first-order valence-electron chi connectivity index (χ1n) is 7.94. The second-order valence-corrected chi connectivity index (χ2v) is 5.58. The number of nitriles is 1. The zero-order chi connectivity index (χ0) is 20.1. The predicted octanol–water partition coefficient (Wildman–Crippen LogP) is 4.36. The van der Waals surface area contributed by atoms with Gasteiger partial charge in [0.25, 0.3) is 5.91 Å². The van der Waals surface area contributed by atoms with E-state index in [4.69, 9.17) is 5.26 Å². The Morgan fingerprint density at radius 2 is 1.75 bits per heavy atom. The van der Waals surface area contributed by atoms with Gasteiger partial charge in [-0.1, -0.05) is 12.1 Å².